The van der Waals surface area contributed by atoms with E-state index in [1.807, 2.05) is 34.7 Å². The maximum Gasteiger partial charge on any atom is 0.226 e. The Balaban J connectivity index is 2.48. The number of halogens is 2. The van der Waals surface area contributed by atoms with Gasteiger partial charge >= 0.3 is 0 Å². The van der Waals surface area contributed by atoms with Crippen LogP contribution in [0.5, 0.6) is 0 Å². The van der Waals surface area contributed by atoms with Gasteiger partial charge in [-0.3, -0.25) is 4.98 Å². The van der Waals surface area contributed by atoms with Crippen molar-refractivity contribution < 1.29 is 4.39 Å². The highest BCUT2D eigenvalue weighted by Gasteiger charge is 2.03. The van der Waals surface area contributed by atoms with Gasteiger partial charge in [-0.2, -0.15) is 4.39 Å². The molecule has 0 unspecified atom stereocenters. The lowest BCUT2D eigenvalue weighted by Gasteiger charge is -2.00. The van der Waals surface area contributed by atoms with E-state index in [-0.39, 0.29) is 0 Å². The molecule has 0 aliphatic rings. The van der Waals surface area contributed by atoms with Gasteiger partial charge in [-0.15, -0.1) is 0 Å². The third kappa shape index (κ3) is 1.89. The summed E-state index contributed by atoms with van der Waals surface area (Å²) in [6, 6.07) is 5.50. The number of pyridine rings is 2. The predicted octanol–water partition coefficient (Wildman–Crippen LogP) is 2.89. The zero-order chi connectivity index (χ0) is 9.97. The van der Waals surface area contributed by atoms with E-state index in [9.17, 15) is 4.39 Å². The van der Waals surface area contributed by atoms with Crippen molar-refractivity contribution in [2.24, 2.45) is 0 Å². The lowest BCUT2D eigenvalue weighted by Crippen LogP contribution is -1.89. The minimum atomic E-state index is -0.432. The van der Waals surface area contributed by atoms with E-state index in [2.05, 4.69) is 9.97 Å². The van der Waals surface area contributed by atoms with Crippen LogP contribution in [0.25, 0.3) is 11.1 Å². The van der Waals surface area contributed by atoms with E-state index < -0.39 is 5.95 Å². The zero-order valence-electron chi connectivity index (χ0n) is 7.11. The van der Waals surface area contributed by atoms with Gasteiger partial charge in [-0.1, -0.05) is 6.07 Å². The van der Waals surface area contributed by atoms with Crippen molar-refractivity contribution in [3.05, 3.63) is 46.3 Å². The number of rotatable bonds is 1. The monoisotopic (exact) mass is 300 g/mol. The summed E-state index contributed by atoms with van der Waals surface area (Å²) in [5.74, 6) is -0.432. The molecule has 0 saturated carbocycles. The van der Waals surface area contributed by atoms with Crippen LogP contribution in [0.1, 0.15) is 0 Å². The van der Waals surface area contributed by atoms with Gasteiger partial charge in [0.1, 0.15) is 0 Å². The molecule has 2 aromatic heterocycles. The van der Waals surface area contributed by atoms with Crippen LogP contribution in [-0.4, -0.2) is 9.97 Å². The van der Waals surface area contributed by atoms with E-state index >= 15 is 0 Å². The van der Waals surface area contributed by atoms with E-state index in [0.29, 0.717) is 3.57 Å². The molecule has 0 aliphatic heterocycles. The quantitative estimate of drug-likeness (QED) is 0.598. The Kier molecular flexibility index (Phi) is 2.72. The molecule has 2 aromatic rings. The lowest BCUT2D eigenvalue weighted by atomic mass is 10.1. The first kappa shape index (κ1) is 9.51. The molecule has 0 bridgehead atoms. The summed E-state index contributed by atoms with van der Waals surface area (Å²) in [5, 5.41) is 0. The summed E-state index contributed by atoms with van der Waals surface area (Å²) >= 11 is 1.92. The molecular weight excluding hydrogens is 294 g/mol. The topological polar surface area (TPSA) is 25.8 Å². The van der Waals surface area contributed by atoms with Gasteiger partial charge < -0.3 is 0 Å². The van der Waals surface area contributed by atoms with Crippen LogP contribution in [-0.2, 0) is 0 Å². The van der Waals surface area contributed by atoms with Gasteiger partial charge in [-0.05, 0) is 34.7 Å². The van der Waals surface area contributed by atoms with Crippen molar-refractivity contribution in [2.45, 2.75) is 0 Å². The maximum atomic E-state index is 12.9. The summed E-state index contributed by atoms with van der Waals surface area (Å²) in [6.45, 7) is 0. The molecule has 2 rings (SSSR count). The van der Waals surface area contributed by atoms with Crippen LogP contribution in [0.4, 0.5) is 4.39 Å². The van der Waals surface area contributed by atoms with Gasteiger partial charge in [0.15, 0.2) is 0 Å². The average Bonchev–Trinajstić information content (AvgIpc) is 2.23. The summed E-state index contributed by atoms with van der Waals surface area (Å²) in [6.07, 6.45) is 4.94. The first-order valence-electron chi connectivity index (χ1n) is 3.99. The fourth-order valence-corrected chi connectivity index (χ4v) is 1.59. The Labute approximate surface area is 94.4 Å². The highest BCUT2D eigenvalue weighted by Crippen LogP contribution is 2.20. The molecule has 4 heteroatoms. The van der Waals surface area contributed by atoms with E-state index in [1.54, 1.807) is 18.5 Å². The molecule has 14 heavy (non-hydrogen) atoms. The normalized spacial score (nSPS) is 10.1. The Hall–Kier alpha value is -1.04. The highest BCUT2D eigenvalue weighted by atomic mass is 127. The van der Waals surface area contributed by atoms with Gasteiger partial charge in [0.2, 0.25) is 5.95 Å². The van der Waals surface area contributed by atoms with E-state index in [0.717, 1.165) is 11.1 Å². The molecule has 0 spiro atoms. The van der Waals surface area contributed by atoms with Crippen LogP contribution in [0.2, 0.25) is 0 Å². The number of hydrogen-bond acceptors (Lipinski definition) is 2. The Morgan fingerprint density at radius 2 is 2.07 bits per heavy atom. The van der Waals surface area contributed by atoms with Crippen LogP contribution < -0.4 is 0 Å². The standard InChI is InChI=1S/C10H6FIN2/c11-10-9(12)4-8(6-14-10)7-2-1-3-13-5-7/h1-6H. The van der Waals surface area contributed by atoms with Crippen LogP contribution >= 0.6 is 22.6 Å². The summed E-state index contributed by atoms with van der Waals surface area (Å²) in [7, 11) is 0. The van der Waals surface area contributed by atoms with E-state index in [1.165, 1.54) is 6.20 Å². The minimum absolute atomic E-state index is 0.432. The molecule has 0 atom stereocenters. The minimum Gasteiger partial charge on any atom is -0.264 e. The lowest BCUT2D eigenvalue weighted by molar-refractivity contribution is 0.576. The first-order valence-corrected chi connectivity index (χ1v) is 5.06. The molecule has 70 valence electrons. The van der Waals surface area contributed by atoms with Crippen LogP contribution in [0.15, 0.2) is 36.8 Å². The second-order valence-corrected chi connectivity index (χ2v) is 3.90. The second-order valence-electron chi connectivity index (χ2n) is 2.74. The molecule has 2 heterocycles. The third-order valence-corrected chi connectivity index (χ3v) is 2.55. The van der Waals surface area contributed by atoms with Crippen LogP contribution in [0.3, 0.4) is 0 Å². The molecule has 0 saturated heterocycles. The molecule has 2 nitrogen and oxygen atoms in total. The average molecular weight is 300 g/mol. The van der Waals surface area contributed by atoms with Crippen molar-refractivity contribution in [3.63, 3.8) is 0 Å². The largest absolute Gasteiger partial charge is 0.264 e. The van der Waals surface area contributed by atoms with Gasteiger partial charge in [-0.25, -0.2) is 4.98 Å². The molecule has 0 N–H and O–H groups in total. The fourth-order valence-electron chi connectivity index (χ4n) is 1.11. The van der Waals surface area contributed by atoms with Crippen molar-refractivity contribution >= 4 is 22.6 Å². The fraction of sp³-hybridized carbons (Fsp3) is 0. The Morgan fingerprint density at radius 3 is 2.71 bits per heavy atom. The maximum absolute atomic E-state index is 12.9. The van der Waals surface area contributed by atoms with Crippen molar-refractivity contribution in [1.29, 1.82) is 0 Å². The van der Waals surface area contributed by atoms with Gasteiger partial charge in [0.25, 0.3) is 0 Å². The summed E-state index contributed by atoms with van der Waals surface area (Å²) in [5.41, 5.74) is 1.82. The molecule has 0 amide bonds. The first-order chi connectivity index (χ1) is 6.77. The highest BCUT2D eigenvalue weighted by molar-refractivity contribution is 14.1. The number of aromatic nitrogens is 2. The van der Waals surface area contributed by atoms with Gasteiger partial charge in [0, 0.05) is 29.7 Å². The van der Waals surface area contributed by atoms with Crippen molar-refractivity contribution in [1.82, 2.24) is 9.97 Å². The third-order valence-electron chi connectivity index (χ3n) is 1.79. The molecule has 0 aromatic carbocycles. The van der Waals surface area contributed by atoms with E-state index in [4.69, 9.17) is 0 Å². The predicted molar refractivity (Wildman–Crippen MR) is 60.1 cm³/mol. The summed E-state index contributed by atoms with van der Waals surface area (Å²) in [4.78, 5) is 7.64. The molecular formula is C10H6FIN2. The zero-order valence-corrected chi connectivity index (χ0v) is 9.27. The van der Waals surface area contributed by atoms with Crippen LogP contribution in [0, 0.1) is 9.52 Å². The second kappa shape index (κ2) is 4.00. The van der Waals surface area contributed by atoms with Gasteiger partial charge in [0.05, 0.1) is 3.57 Å². The van der Waals surface area contributed by atoms with Crippen molar-refractivity contribution in [2.75, 3.05) is 0 Å². The molecule has 0 radical (unpaired) electrons. The SMILES string of the molecule is Fc1ncc(-c2cccnc2)cc1I. The number of nitrogens with zero attached hydrogens (tertiary/aromatic N) is 2. The van der Waals surface area contributed by atoms with Crippen molar-refractivity contribution in [3.8, 4) is 11.1 Å². The molecule has 0 fully saturated rings. The summed E-state index contributed by atoms with van der Waals surface area (Å²) < 4.78 is 13.4. The Bertz CT molecular complexity index is 445. The smallest absolute Gasteiger partial charge is 0.226 e. The molecule has 0 aliphatic carbocycles. The Morgan fingerprint density at radius 1 is 1.21 bits per heavy atom. The number of hydrogen-bond donors (Lipinski definition) is 0.